The van der Waals surface area contributed by atoms with Gasteiger partial charge in [-0.15, -0.1) is 0 Å². The summed E-state index contributed by atoms with van der Waals surface area (Å²) in [7, 11) is 1.39. The van der Waals surface area contributed by atoms with Gasteiger partial charge in [0, 0.05) is 11.6 Å². The quantitative estimate of drug-likeness (QED) is 0.264. The van der Waals surface area contributed by atoms with Crippen LogP contribution in [0.25, 0.3) is 11.3 Å². The van der Waals surface area contributed by atoms with Gasteiger partial charge >= 0.3 is 0 Å². The number of benzene rings is 2. The van der Waals surface area contributed by atoms with Crippen LogP contribution in [-0.2, 0) is 4.79 Å². The lowest BCUT2D eigenvalue weighted by molar-refractivity contribution is -0.384. The van der Waals surface area contributed by atoms with Crippen molar-refractivity contribution in [2.24, 2.45) is 0 Å². The van der Waals surface area contributed by atoms with Crippen LogP contribution in [0.4, 0.5) is 11.4 Å². The zero-order chi connectivity index (χ0) is 20.8. The molecule has 1 amide bonds. The van der Waals surface area contributed by atoms with Gasteiger partial charge in [0.1, 0.15) is 11.4 Å². The fraction of sp³-hybridized carbons (Fsp3) is 0.105. The van der Waals surface area contributed by atoms with Crippen LogP contribution in [0.2, 0.25) is 0 Å². The number of anilines is 1. The Morgan fingerprint density at radius 2 is 2.00 bits per heavy atom. The number of hydrogen-bond donors (Lipinski definition) is 2. The molecule has 148 valence electrons. The minimum atomic E-state index is -0.604. The first-order valence-electron chi connectivity index (χ1n) is 8.38. The van der Waals surface area contributed by atoms with Crippen molar-refractivity contribution in [2.75, 3.05) is 18.2 Å². The molecule has 0 saturated heterocycles. The van der Waals surface area contributed by atoms with E-state index in [-0.39, 0.29) is 27.8 Å². The normalized spacial score (nSPS) is 10.4. The third kappa shape index (κ3) is 5.20. The number of hydrogen-bond acceptors (Lipinski definition) is 7. The van der Waals surface area contributed by atoms with Gasteiger partial charge < -0.3 is 15.0 Å². The molecule has 1 heterocycles. The van der Waals surface area contributed by atoms with Gasteiger partial charge in [0.15, 0.2) is 5.16 Å². The Morgan fingerprint density at radius 3 is 2.69 bits per heavy atom. The molecule has 0 spiro atoms. The van der Waals surface area contributed by atoms with Crippen molar-refractivity contribution in [3.63, 3.8) is 0 Å². The van der Waals surface area contributed by atoms with E-state index in [9.17, 15) is 19.7 Å². The van der Waals surface area contributed by atoms with Gasteiger partial charge in [-0.05, 0) is 12.1 Å². The average molecular weight is 412 g/mol. The molecule has 2 aromatic carbocycles. The Hall–Kier alpha value is -3.66. The highest BCUT2D eigenvalue weighted by atomic mass is 32.2. The fourth-order valence-electron chi connectivity index (χ4n) is 2.48. The monoisotopic (exact) mass is 412 g/mol. The molecule has 0 fully saturated rings. The number of aromatic amines is 1. The summed E-state index contributed by atoms with van der Waals surface area (Å²) in [5, 5.41) is 14.0. The summed E-state index contributed by atoms with van der Waals surface area (Å²) in [6, 6.07) is 14.7. The highest BCUT2D eigenvalue weighted by Crippen LogP contribution is 2.29. The topological polar surface area (TPSA) is 127 Å². The summed E-state index contributed by atoms with van der Waals surface area (Å²) in [4.78, 5) is 41.7. The molecule has 0 atom stereocenters. The lowest BCUT2D eigenvalue weighted by atomic mass is 10.1. The molecule has 0 aliphatic carbocycles. The standard InChI is InChI=1S/C19H16N4O5S/c1-28-13-7-8-14(16(9-13)23(26)27)20-18(25)11-29-19-21-15(10-17(24)22-19)12-5-3-2-4-6-12/h2-10H,11H2,1H3,(H,20,25)(H,21,22,24). The molecule has 29 heavy (non-hydrogen) atoms. The first kappa shape index (κ1) is 20.1. The smallest absolute Gasteiger partial charge is 0.296 e. The van der Waals surface area contributed by atoms with Crippen LogP contribution in [0.15, 0.2) is 64.5 Å². The van der Waals surface area contributed by atoms with E-state index >= 15 is 0 Å². The summed E-state index contributed by atoms with van der Waals surface area (Å²) in [5.41, 5.74) is 0.704. The molecular formula is C19H16N4O5S. The van der Waals surface area contributed by atoms with E-state index in [1.807, 2.05) is 30.3 Å². The van der Waals surface area contributed by atoms with Crippen LogP contribution in [0.3, 0.4) is 0 Å². The number of thioether (sulfide) groups is 1. The molecule has 0 saturated carbocycles. The Bertz CT molecular complexity index is 1100. The number of nitrogens with zero attached hydrogens (tertiary/aromatic N) is 2. The van der Waals surface area contributed by atoms with Crippen LogP contribution in [-0.4, -0.2) is 33.7 Å². The molecular weight excluding hydrogens is 396 g/mol. The third-order valence-electron chi connectivity index (χ3n) is 3.81. The van der Waals surface area contributed by atoms with Gasteiger partial charge in [-0.3, -0.25) is 19.7 Å². The van der Waals surface area contributed by atoms with E-state index in [1.54, 1.807) is 0 Å². The van der Waals surface area contributed by atoms with E-state index in [4.69, 9.17) is 4.74 Å². The third-order valence-corrected chi connectivity index (χ3v) is 4.68. The second kappa shape index (κ2) is 9.02. The van der Waals surface area contributed by atoms with Gasteiger partial charge in [0.25, 0.3) is 11.2 Å². The molecule has 0 radical (unpaired) electrons. The van der Waals surface area contributed by atoms with Gasteiger partial charge in [-0.1, -0.05) is 42.1 Å². The molecule has 3 rings (SSSR count). The maximum absolute atomic E-state index is 12.2. The van der Waals surface area contributed by atoms with Crippen molar-refractivity contribution in [2.45, 2.75) is 5.16 Å². The molecule has 3 aromatic rings. The lowest BCUT2D eigenvalue weighted by Crippen LogP contribution is -2.16. The summed E-state index contributed by atoms with van der Waals surface area (Å²) < 4.78 is 4.97. The zero-order valence-electron chi connectivity index (χ0n) is 15.2. The number of carbonyl (C=O) groups excluding carboxylic acids is 1. The molecule has 0 unspecified atom stereocenters. The van der Waals surface area contributed by atoms with Crippen LogP contribution in [0.5, 0.6) is 5.75 Å². The number of nitro benzene ring substituents is 1. The predicted molar refractivity (Wildman–Crippen MR) is 109 cm³/mol. The molecule has 0 aliphatic heterocycles. The Kier molecular flexibility index (Phi) is 6.25. The molecule has 2 N–H and O–H groups in total. The van der Waals surface area contributed by atoms with E-state index in [0.717, 1.165) is 17.3 Å². The summed E-state index contributed by atoms with van der Waals surface area (Å²) in [6.07, 6.45) is 0. The van der Waals surface area contributed by atoms with Crippen molar-refractivity contribution in [3.8, 4) is 17.0 Å². The number of amides is 1. The van der Waals surface area contributed by atoms with Crippen molar-refractivity contribution in [1.82, 2.24) is 9.97 Å². The number of rotatable bonds is 7. The van der Waals surface area contributed by atoms with E-state index < -0.39 is 10.8 Å². The van der Waals surface area contributed by atoms with Crippen LogP contribution in [0, 0.1) is 10.1 Å². The van der Waals surface area contributed by atoms with Gasteiger partial charge in [-0.25, -0.2) is 4.98 Å². The summed E-state index contributed by atoms with van der Waals surface area (Å²) in [5.74, 6) is -0.260. The number of nitro groups is 1. The average Bonchev–Trinajstić information content (AvgIpc) is 2.72. The number of ether oxygens (including phenoxy) is 1. The molecule has 0 aliphatic rings. The largest absolute Gasteiger partial charge is 0.496 e. The Labute approximate surface area is 169 Å². The van der Waals surface area contributed by atoms with Gasteiger partial charge in [-0.2, -0.15) is 0 Å². The highest BCUT2D eigenvalue weighted by Gasteiger charge is 2.17. The molecule has 1 aromatic heterocycles. The second-order valence-electron chi connectivity index (χ2n) is 5.78. The maximum atomic E-state index is 12.2. The maximum Gasteiger partial charge on any atom is 0.296 e. The van der Waals surface area contributed by atoms with Crippen LogP contribution >= 0.6 is 11.8 Å². The van der Waals surface area contributed by atoms with Crippen LogP contribution < -0.4 is 15.6 Å². The first-order chi connectivity index (χ1) is 14.0. The van der Waals surface area contributed by atoms with E-state index in [2.05, 4.69) is 15.3 Å². The number of carbonyl (C=O) groups is 1. The lowest BCUT2D eigenvalue weighted by Gasteiger charge is -2.08. The molecule has 10 heteroatoms. The fourth-order valence-corrected chi connectivity index (χ4v) is 3.15. The zero-order valence-corrected chi connectivity index (χ0v) is 16.1. The summed E-state index contributed by atoms with van der Waals surface area (Å²) in [6.45, 7) is 0. The minimum absolute atomic E-state index is 0.0564. The van der Waals surface area contributed by atoms with Crippen LogP contribution in [0.1, 0.15) is 0 Å². The highest BCUT2D eigenvalue weighted by molar-refractivity contribution is 7.99. The second-order valence-corrected chi connectivity index (χ2v) is 6.74. The van der Waals surface area contributed by atoms with Gasteiger partial charge in [0.05, 0.1) is 29.5 Å². The predicted octanol–water partition coefficient (Wildman–Crippen LogP) is 3.08. The SMILES string of the molecule is COc1ccc(NC(=O)CSc2nc(-c3ccccc3)cc(=O)[nH]2)c([N+](=O)[O-])c1. The first-order valence-corrected chi connectivity index (χ1v) is 9.36. The van der Waals surface area contributed by atoms with E-state index in [1.165, 1.54) is 31.4 Å². The Balaban J connectivity index is 1.71. The number of H-pyrrole nitrogens is 1. The minimum Gasteiger partial charge on any atom is -0.496 e. The number of nitrogens with one attached hydrogen (secondary N) is 2. The van der Waals surface area contributed by atoms with Crippen molar-refractivity contribution >= 4 is 29.0 Å². The van der Waals surface area contributed by atoms with Crippen molar-refractivity contribution in [3.05, 3.63) is 75.1 Å². The number of methoxy groups -OCH3 is 1. The Morgan fingerprint density at radius 1 is 1.24 bits per heavy atom. The van der Waals surface area contributed by atoms with Crippen molar-refractivity contribution in [1.29, 1.82) is 0 Å². The van der Waals surface area contributed by atoms with Crippen molar-refractivity contribution < 1.29 is 14.5 Å². The summed E-state index contributed by atoms with van der Waals surface area (Å²) >= 11 is 1.02. The molecule has 0 bridgehead atoms. The molecule has 9 nitrogen and oxygen atoms in total. The number of aromatic nitrogens is 2. The van der Waals surface area contributed by atoms with E-state index in [0.29, 0.717) is 11.4 Å². The van der Waals surface area contributed by atoms with Gasteiger partial charge in [0.2, 0.25) is 5.91 Å².